The predicted octanol–water partition coefficient (Wildman–Crippen LogP) is 2.26. The van der Waals surface area contributed by atoms with Gasteiger partial charge in [-0.05, 0) is 48.9 Å². The van der Waals surface area contributed by atoms with Crippen molar-refractivity contribution in [2.24, 2.45) is 0 Å². The molecule has 29 heavy (non-hydrogen) atoms. The van der Waals surface area contributed by atoms with E-state index in [1.54, 1.807) is 24.3 Å². The summed E-state index contributed by atoms with van der Waals surface area (Å²) >= 11 is 0. The van der Waals surface area contributed by atoms with Gasteiger partial charge in [-0.15, -0.1) is 0 Å². The molecule has 0 fully saturated rings. The summed E-state index contributed by atoms with van der Waals surface area (Å²) in [6.07, 6.45) is 0. The van der Waals surface area contributed by atoms with Crippen LogP contribution in [0.15, 0.2) is 53.4 Å². The summed E-state index contributed by atoms with van der Waals surface area (Å²) < 4.78 is 65.6. The topological polar surface area (TPSA) is 99.2 Å². The number of benzene rings is 2. The Hall–Kier alpha value is -2.14. The number of nitrogens with zero attached hydrogens (tertiary/aromatic N) is 1. The zero-order chi connectivity index (χ0) is 21.5. The Morgan fingerprint density at radius 2 is 1.45 bits per heavy atom. The molecule has 0 heterocycles. The number of hydrogen-bond donors (Lipinski definition) is 0. The van der Waals surface area contributed by atoms with Gasteiger partial charge in [0.15, 0.2) is 0 Å². The van der Waals surface area contributed by atoms with E-state index in [9.17, 15) is 16.8 Å². The van der Waals surface area contributed by atoms with Crippen molar-refractivity contribution >= 4 is 20.1 Å². The van der Waals surface area contributed by atoms with Gasteiger partial charge >= 0.3 is 10.1 Å². The maximum Gasteiger partial charge on any atom is 0.308 e. The Morgan fingerprint density at radius 3 is 1.97 bits per heavy atom. The molecule has 10 heteroatoms. The molecular weight excluding hydrogens is 418 g/mol. The number of hydrogen-bond acceptors (Lipinski definition) is 7. The molecular formula is C19H25NO7S2. The predicted molar refractivity (Wildman–Crippen MR) is 109 cm³/mol. The highest BCUT2D eigenvalue weighted by molar-refractivity contribution is 7.89. The van der Waals surface area contributed by atoms with E-state index >= 15 is 0 Å². The van der Waals surface area contributed by atoms with Crippen molar-refractivity contribution in [1.29, 1.82) is 0 Å². The van der Waals surface area contributed by atoms with E-state index in [1.807, 2.05) is 0 Å². The van der Waals surface area contributed by atoms with Crippen molar-refractivity contribution in [3.8, 4) is 11.5 Å². The minimum atomic E-state index is -3.77. The monoisotopic (exact) mass is 443 g/mol. The van der Waals surface area contributed by atoms with E-state index in [2.05, 4.69) is 0 Å². The molecule has 0 aromatic heterocycles. The second-order valence-corrected chi connectivity index (χ2v) is 9.88. The summed E-state index contributed by atoms with van der Waals surface area (Å²) in [7, 11) is -4.38. The highest BCUT2D eigenvalue weighted by Crippen LogP contribution is 2.22. The molecule has 0 saturated heterocycles. The molecule has 0 amide bonds. The molecule has 0 aliphatic heterocycles. The molecule has 2 aromatic rings. The van der Waals surface area contributed by atoms with Crippen LogP contribution in [-0.4, -0.2) is 54.3 Å². The maximum absolute atomic E-state index is 13.1. The highest BCUT2D eigenvalue weighted by atomic mass is 32.2. The van der Waals surface area contributed by atoms with Crippen LogP contribution in [0.4, 0.5) is 0 Å². The van der Waals surface area contributed by atoms with Crippen molar-refractivity contribution < 1.29 is 30.5 Å². The van der Waals surface area contributed by atoms with Crippen LogP contribution in [0.1, 0.15) is 12.5 Å². The average molecular weight is 444 g/mol. The smallest absolute Gasteiger partial charge is 0.308 e. The lowest BCUT2D eigenvalue weighted by Crippen LogP contribution is -2.33. The third-order valence-electron chi connectivity index (χ3n) is 4.10. The van der Waals surface area contributed by atoms with Crippen molar-refractivity contribution in [2.45, 2.75) is 18.4 Å². The zero-order valence-corrected chi connectivity index (χ0v) is 18.2. The summed E-state index contributed by atoms with van der Waals surface area (Å²) in [5.74, 6) is 0.599. The Labute approximate surface area is 172 Å². The van der Waals surface area contributed by atoms with Gasteiger partial charge in [0.1, 0.15) is 11.5 Å². The molecule has 0 N–H and O–H groups in total. The van der Waals surface area contributed by atoms with Crippen molar-refractivity contribution in [2.75, 3.05) is 33.1 Å². The zero-order valence-electron chi connectivity index (χ0n) is 16.6. The number of sulfonamides is 1. The fourth-order valence-corrected chi connectivity index (χ4v) is 4.37. The van der Waals surface area contributed by atoms with Gasteiger partial charge in [0.2, 0.25) is 10.0 Å². The van der Waals surface area contributed by atoms with E-state index < -0.39 is 20.1 Å². The SMILES string of the molecule is CCS(=O)(=O)Oc1ccc(CN(CCOC)S(=O)(=O)c2ccc(OC)cc2)cc1. The summed E-state index contributed by atoms with van der Waals surface area (Å²) in [4.78, 5) is 0.142. The van der Waals surface area contributed by atoms with Crippen molar-refractivity contribution in [3.63, 3.8) is 0 Å². The summed E-state index contributed by atoms with van der Waals surface area (Å²) in [6.45, 7) is 1.97. The highest BCUT2D eigenvalue weighted by Gasteiger charge is 2.24. The van der Waals surface area contributed by atoms with Gasteiger partial charge in [0.05, 0.1) is 24.4 Å². The number of rotatable bonds is 11. The van der Waals surface area contributed by atoms with Gasteiger partial charge in [0.25, 0.3) is 0 Å². The van der Waals surface area contributed by atoms with Crippen LogP contribution in [-0.2, 0) is 31.4 Å². The summed E-state index contributed by atoms with van der Waals surface area (Å²) in [6, 6.07) is 12.4. The molecule has 2 aromatic carbocycles. The van der Waals surface area contributed by atoms with Gasteiger partial charge < -0.3 is 13.7 Å². The first-order valence-corrected chi connectivity index (χ1v) is 11.9. The molecule has 0 aliphatic carbocycles. The quantitative estimate of drug-likeness (QED) is 0.491. The van der Waals surface area contributed by atoms with Crippen LogP contribution in [0.5, 0.6) is 11.5 Å². The van der Waals surface area contributed by atoms with Crippen LogP contribution >= 0.6 is 0 Å². The Morgan fingerprint density at radius 1 is 0.862 bits per heavy atom. The third kappa shape index (κ3) is 6.43. The van der Waals surface area contributed by atoms with Crippen LogP contribution in [0.25, 0.3) is 0 Å². The normalized spacial score (nSPS) is 12.1. The van der Waals surface area contributed by atoms with Crippen molar-refractivity contribution in [1.82, 2.24) is 4.31 Å². The lowest BCUT2D eigenvalue weighted by molar-refractivity contribution is 0.177. The summed E-state index contributed by atoms with van der Waals surface area (Å²) in [5, 5.41) is 0. The molecule has 8 nitrogen and oxygen atoms in total. The minimum Gasteiger partial charge on any atom is -0.497 e. The van der Waals surface area contributed by atoms with E-state index in [4.69, 9.17) is 13.7 Å². The number of ether oxygens (including phenoxy) is 2. The molecule has 0 saturated carbocycles. The van der Waals surface area contributed by atoms with E-state index in [1.165, 1.54) is 49.7 Å². The molecule has 2 rings (SSSR count). The molecule has 0 unspecified atom stereocenters. The van der Waals surface area contributed by atoms with E-state index in [-0.39, 0.29) is 36.1 Å². The largest absolute Gasteiger partial charge is 0.497 e. The van der Waals surface area contributed by atoms with Gasteiger partial charge in [-0.25, -0.2) is 8.42 Å². The standard InChI is InChI=1S/C19H25NO7S2/c1-4-28(21,22)27-18-7-5-16(6-8-18)15-20(13-14-25-2)29(23,24)19-11-9-17(26-3)10-12-19/h5-12H,4,13-15H2,1-3H3. The molecule has 0 bridgehead atoms. The lowest BCUT2D eigenvalue weighted by Gasteiger charge is -2.22. The fourth-order valence-electron chi connectivity index (χ4n) is 2.43. The minimum absolute atomic E-state index is 0.0958. The first-order chi connectivity index (χ1) is 13.7. The average Bonchev–Trinajstić information content (AvgIpc) is 2.72. The van der Waals surface area contributed by atoms with E-state index in [0.717, 1.165) is 0 Å². The van der Waals surface area contributed by atoms with Gasteiger partial charge in [-0.1, -0.05) is 12.1 Å². The summed E-state index contributed by atoms with van der Waals surface area (Å²) in [5.41, 5.74) is 0.680. The second kappa shape index (κ2) is 10.1. The van der Waals surface area contributed by atoms with E-state index in [0.29, 0.717) is 11.3 Å². The first-order valence-electron chi connectivity index (χ1n) is 8.86. The van der Waals surface area contributed by atoms with Crippen LogP contribution in [0.3, 0.4) is 0 Å². The Bertz CT molecular complexity index is 986. The molecule has 0 aliphatic rings. The van der Waals surface area contributed by atoms with Crippen LogP contribution in [0.2, 0.25) is 0 Å². The third-order valence-corrected chi connectivity index (χ3v) is 7.11. The number of methoxy groups -OCH3 is 2. The molecule has 160 valence electrons. The molecule has 0 atom stereocenters. The van der Waals surface area contributed by atoms with Gasteiger partial charge in [-0.2, -0.15) is 12.7 Å². The van der Waals surface area contributed by atoms with Crippen LogP contribution < -0.4 is 8.92 Å². The fraction of sp³-hybridized carbons (Fsp3) is 0.368. The van der Waals surface area contributed by atoms with Gasteiger partial charge in [0, 0.05) is 20.2 Å². The molecule has 0 spiro atoms. The van der Waals surface area contributed by atoms with Crippen molar-refractivity contribution in [3.05, 3.63) is 54.1 Å². The first kappa shape index (κ1) is 23.1. The van der Waals surface area contributed by atoms with Crippen LogP contribution in [0, 0.1) is 0 Å². The maximum atomic E-state index is 13.1. The second-order valence-electron chi connectivity index (χ2n) is 6.08. The Balaban J connectivity index is 2.23. The van der Waals surface area contributed by atoms with Gasteiger partial charge in [-0.3, -0.25) is 0 Å². The lowest BCUT2D eigenvalue weighted by atomic mass is 10.2. The Kier molecular flexibility index (Phi) is 8.03. The molecule has 0 radical (unpaired) electrons.